The summed E-state index contributed by atoms with van der Waals surface area (Å²) in [5.74, 6) is 0.558. The van der Waals surface area contributed by atoms with E-state index in [1.807, 2.05) is 30.3 Å². The number of para-hydroxylation sites is 1. The Labute approximate surface area is 155 Å². The molecule has 0 aliphatic carbocycles. The molecule has 1 N–H and O–H groups in total. The van der Waals surface area contributed by atoms with Gasteiger partial charge < -0.3 is 19.2 Å². The maximum absolute atomic E-state index is 12.6. The summed E-state index contributed by atoms with van der Waals surface area (Å²) in [4.78, 5) is 40.5. The topological polar surface area (TPSA) is 84.4 Å². The van der Waals surface area contributed by atoms with Crippen LogP contribution in [-0.2, 0) is 6.54 Å². The second-order valence-corrected chi connectivity index (χ2v) is 6.12. The van der Waals surface area contributed by atoms with Crippen LogP contribution < -0.4 is 15.9 Å². The lowest BCUT2D eigenvalue weighted by Crippen LogP contribution is -2.36. The van der Waals surface area contributed by atoms with Crippen molar-refractivity contribution in [3.8, 4) is 5.75 Å². The molecule has 0 saturated carbocycles. The van der Waals surface area contributed by atoms with E-state index in [9.17, 15) is 14.4 Å². The van der Waals surface area contributed by atoms with Crippen molar-refractivity contribution >= 4 is 16.9 Å². The number of hydrogen-bond donors (Lipinski definition) is 1. The predicted molar refractivity (Wildman–Crippen MR) is 103 cm³/mol. The molecule has 0 bridgehead atoms. The monoisotopic (exact) mass is 367 g/mol. The van der Waals surface area contributed by atoms with Crippen molar-refractivity contribution < 1.29 is 9.53 Å². The van der Waals surface area contributed by atoms with Crippen LogP contribution in [0, 0.1) is 0 Å². The molecule has 0 aliphatic heterocycles. The number of aromatic nitrogens is 2. The molecule has 140 valence electrons. The quantitative estimate of drug-likeness (QED) is 0.674. The fourth-order valence-corrected chi connectivity index (χ4v) is 2.87. The van der Waals surface area contributed by atoms with E-state index in [0.717, 1.165) is 5.75 Å². The average Bonchev–Trinajstić information content (AvgIpc) is 2.69. The summed E-state index contributed by atoms with van der Waals surface area (Å²) in [6.07, 6.45) is 0. The van der Waals surface area contributed by atoms with E-state index in [0.29, 0.717) is 36.3 Å². The molecule has 1 heterocycles. The lowest BCUT2D eigenvalue weighted by atomic mass is 10.1. The van der Waals surface area contributed by atoms with Gasteiger partial charge in [0.1, 0.15) is 12.4 Å². The summed E-state index contributed by atoms with van der Waals surface area (Å²) >= 11 is 0. The Morgan fingerprint density at radius 2 is 1.89 bits per heavy atom. The van der Waals surface area contributed by atoms with Crippen LogP contribution in [0.3, 0.4) is 0 Å². The molecule has 1 aromatic heterocycles. The molecule has 0 spiro atoms. The van der Waals surface area contributed by atoms with Crippen LogP contribution in [-0.4, -0.2) is 40.6 Å². The number of H-pyrrole nitrogens is 1. The molecule has 2 aromatic carbocycles. The lowest BCUT2D eigenvalue weighted by Gasteiger charge is -2.18. The smallest absolute Gasteiger partial charge is 0.316 e. The Balaban J connectivity index is 1.76. The first-order valence-electron chi connectivity index (χ1n) is 8.71. The molecule has 1 amide bonds. The first kappa shape index (κ1) is 18.4. The van der Waals surface area contributed by atoms with Crippen molar-refractivity contribution in [2.45, 2.75) is 13.5 Å². The highest BCUT2D eigenvalue weighted by Crippen LogP contribution is 2.13. The second kappa shape index (κ2) is 7.90. The molecule has 3 aromatic rings. The molecule has 0 fully saturated rings. The van der Waals surface area contributed by atoms with Gasteiger partial charge in [0.15, 0.2) is 0 Å². The van der Waals surface area contributed by atoms with Crippen molar-refractivity contribution in [2.75, 3.05) is 20.2 Å². The maximum Gasteiger partial charge on any atom is 0.316 e. The standard InChI is InChI=1S/C20H21N3O4/c1-3-23-17-10-9-14(13-16(17)21-18(24)20(23)26)19(25)22(2)11-12-27-15-7-5-4-6-8-15/h4-10,13H,3,11-12H2,1-2H3,(H,21,24). The zero-order valence-corrected chi connectivity index (χ0v) is 15.3. The number of hydrogen-bond acceptors (Lipinski definition) is 4. The molecule has 0 radical (unpaired) electrons. The van der Waals surface area contributed by atoms with Crippen LogP contribution in [0.25, 0.3) is 11.0 Å². The Kier molecular flexibility index (Phi) is 5.40. The summed E-state index contributed by atoms with van der Waals surface area (Å²) < 4.78 is 7.00. The van der Waals surface area contributed by atoms with E-state index < -0.39 is 11.1 Å². The molecular weight excluding hydrogens is 346 g/mol. The molecule has 0 aliphatic rings. The average molecular weight is 367 g/mol. The molecule has 3 rings (SSSR count). The minimum atomic E-state index is -0.696. The largest absolute Gasteiger partial charge is 0.492 e. The highest BCUT2D eigenvalue weighted by molar-refractivity contribution is 5.97. The van der Waals surface area contributed by atoms with Gasteiger partial charge in [-0.3, -0.25) is 14.4 Å². The number of nitrogens with one attached hydrogen (secondary N) is 1. The van der Waals surface area contributed by atoms with Gasteiger partial charge in [0.2, 0.25) is 0 Å². The third-order valence-corrected chi connectivity index (χ3v) is 4.32. The molecule has 0 saturated heterocycles. The number of fused-ring (bicyclic) bond motifs is 1. The normalized spacial score (nSPS) is 10.7. The SMILES string of the molecule is CCn1c(=O)c(=O)[nH]c2cc(C(=O)N(C)CCOc3ccccc3)ccc21. The van der Waals surface area contributed by atoms with Gasteiger partial charge in [0.05, 0.1) is 17.6 Å². The molecule has 0 atom stereocenters. The van der Waals surface area contributed by atoms with Crippen molar-refractivity contribution in [1.29, 1.82) is 0 Å². The fourth-order valence-electron chi connectivity index (χ4n) is 2.87. The minimum absolute atomic E-state index is 0.191. The summed E-state index contributed by atoms with van der Waals surface area (Å²) in [6, 6.07) is 14.3. The lowest BCUT2D eigenvalue weighted by molar-refractivity contribution is 0.0774. The van der Waals surface area contributed by atoms with Gasteiger partial charge in [0.25, 0.3) is 5.91 Å². The van der Waals surface area contributed by atoms with Crippen LogP contribution in [0.4, 0.5) is 0 Å². The Morgan fingerprint density at radius 3 is 2.59 bits per heavy atom. The number of nitrogens with zero attached hydrogens (tertiary/aromatic N) is 2. The van der Waals surface area contributed by atoms with Crippen LogP contribution in [0.15, 0.2) is 58.1 Å². The van der Waals surface area contributed by atoms with Crippen molar-refractivity contribution in [1.82, 2.24) is 14.5 Å². The molecule has 7 nitrogen and oxygen atoms in total. The number of benzene rings is 2. The van der Waals surface area contributed by atoms with Gasteiger partial charge >= 0.3 is 11.1 Å². The van der Waals surface area contributed by atoms with Crippen molar-refractivity contribution in [3.63, 3.8) is 0 Å². The number of aromatic amines is 1. The summed E-state index contributed by atoms with van der Waals surface area (Å²) in [7, 11) is 1.69. The Bertz CT molecular complexity index is 1070. The minimum Gasteiger partial charge on any atom is -0.492 e. The van der Waals surface area contributed by atoms with Crippen LogP contribution in [0.2, 0.25) is 0 Å². The van der Waals surface area contributed by atoms with E-state index in [4.69, 9.17) is 4.74 Å². The van der Waals surface area contributed by atoms with E-state index >= 15 is 0 Å². The maximum atomic E-state index is 12.6. The number of carbonyl (C=O) groups is 1. The van der Waals surface area contributed by atoms with Gasteiger partial charge in [-0.15, -0.1) is 0 Å². The number of rotatable bonds is 6. The Hall–Kier alpha value is -3.35. The van der Waals surface area contributed by atoms with Gasteiger partial charge in [-0.1, -0.05) is 18.2 Å². The van der Waals surface area contributed by atoms with E-state index in [1.165, 1.54) is 4.57 Å². The molecular formula is C20H21N3O4. The van der Waals surface area contributed by atoms with Gasteiger partial charge in [0, 0.05) is 19.2 Å². The second-order valence-electron chi connectivity index (χ2n) is 6.12. The number of ether oxygens (including phenoxy) is 1. The van der Waals surface area contributed by atoms with Crippen molar-refractivity contribution in [2.24, 2.45) is 0 Å². The van der Waals surface area contributed by atoms with Gasteiger partial charge in [-0.25, -0.2) is 0 Å². The fraction of sp³-hybridized carbons (Fsp3) is 0.250. The number of likely N-dealkylation sites (N-methyl/N-ethyl adjacent to an activating group) is 1. The Morgan fingerprint density at radius 1 is 1.15 bits per heavy atom. The third-order valence-electron chi connectivity index (χ3n) is 4.32. The van der Waals surface area contributed by atoms with Crippen LogP contribution in [0.1, 0.15) is 17.3 Å². The predicted octanol–water partition coefficient (Wildman–Crippen LogP) is 1.86. The molecule has 7 heteroatoms. The summed E-state index contributed by atoms with van der Waals surface area (Å²) in [5, 5.41) is 0. The summed E-state index contributed by atoms with van der Waals surface area (Å²) in [5.41, 5.74) is 0.189. The first-order valence-corrected chi connectivity index (χ1v) is 8.71. The van der Waals surface area contributed by atoms with Crippen molar-refractivity contribution in [3.05, 3.63) is 74.8 Å². The van der Waals surface area contributed by atoms with Gasteiger partial charge in [-0.05, 0) is 37.3 Å². The number of carbonyl (C=O) groups excluding carboxylic acids is 1. The van der Waals surface area contributed by atoms with E-state index in [1.54, 1.807) is 37.1 Å². The first-order chi connectivity index (χ1) is 13.0. The van der Waals surface area contributed by atoms with E-state index in [-0.39, 0.29) is 5.91 Å². The third kappa shape index (κ3) is 3.92. The molecule has 27 heavy (non-hydrogen) atoms. The molecule has 0 unspecified atom stereocenters. The van der Waals surface area contributed by atoms with Gasteiger partial charge in [-0.2, -0.15) is 0 Å². The highest BCUT2D eigenvalue weighted by Gasteiger charge is 2.14. The zero-order chi connectivity index (χ0) is 19.4. The van der Waals surface area contributed by atoms with Crippen LogP contribution in [0.5, 0.6) is 5.75 Å². The zero-order valence-electron chi connectivity index (χ0n) is 15.3. The van der Waals surface area contributed by atoms with E-state index in [2.05, 4.69) is 4.98 Å². The van der Waals surface area contributed by atoms with Crippen LogP contribution >= 0.6 is 0 Å². The number of aryl methyl sites for hydroxylation is 1. The highest BCUT2D eigenvalue weighted by atomic mass is 16.5. The number of amides is 1. The summed E-state index contributed by atoms with van der Waals surface area (Å²) in [6.45, 7) is 2.95.